The van der Waals surface area contributed by atoms with Gasteiger partial charge in [-0.1, -0.05) is 19.3 Å². The van der Waals surface area contributed by atoms with Crippen LogP contribution in [0.1, 0.15) is 39.0 Å². The molecular formula is C16H28N4O3. The number of carbonyl (C=O) groups excluding carboxylic acids is 3. The number of piperazine rings is 1. The maximum absolute atomic E-state index is 12.5. The molecule has 0 bridgehead atoms. The van der Waals surface area contributed by atoms with Crippen LogP contribution in [-0.2, 0) is 9.59 Å². The summed E-state index contributed by atoms with van der Waals surface area (Å²) in [6, 6.07) is -0.868. The molecule has 2 fully saturated rings. The molecule has 1 heterocycles. The summed E-state index contributed by atoms with van der Waals surface area (Å²) in [6.07, 6.45) is 5.60. The van der Waals surface area contributed by atoms with Crippen LogP contribution < -0.4 is 10.6 Å². The van der Waals surface area contributed by atoms with Crippen molar-refractivity contribution >= 4 is 17.8 Å². The Morgan fingerprint density at radius 3 is 2.17 bits per heavy atom. The van der Waals surface area contributed by atoms with Crippen LogP contribution in [0.3, 0.4) is 0 Å². The van der Waals surface area contributed by atoms with Crippen LogP contribution in [0.4, 0.5) is 4.79 Å². The highest BCUT2D eigenvalue weighted by Crippen LogP contribution is 2.25. The largest absolute Gasteiger partial charge is 0.341 e. The van der Waals surface area contributed by atoms with Gasteiger partial charge in [0.2, 0.25) is 11.8 Å². The average Bonchev–Trinajstić information content (AvgIpc) is 2.61. The predicted molar refractivity (Wildman–Crippen MR) is 86.8 cm³/mol. The van der Waals surface area contributed by atoms with Gasteiger partial charge in [0.05, 0.1) is 6.04 Å². The van der Waals surface area contributed by atoms with Gasteiger partial charge < -0.3 is 10.2 Å². The zero-order valence-corrected chi connectivity index (χ0v) is 14.1. The minimum Gasteiger partial charge on any atom is -0.341 e. The van der Waals surface area contributed by atoms with Crippen molar-refractivity contribution in [2.45, 2.75) is 45.1 Å². The third kappa shape index (κ3) is 4.67. The van der Waals surface area contributed by atoms with Gasteiger partial charge in [0.25, 0.3) is 0 Å². The molecule has 1 saturated carbocycles. The molecule has 130 valence electrons. The van der Waals surface area contributed by atoms with Gasteiger partial charge in [0.15, 0.2) is 0 Å². The van der Waals surface area contributed by atoms with Crippen molar-refractivity contribution in [3.8, 4) is 0 Å². The lowest BCUT2D eigenvalue weighted by molar-refractivity contribution is -0.139. The number of imide groups is 1. The molecule has 1 aliphatic carbocycles. The van der Waals surface area contributed by atoms with Gasteiger partial charge in [-0.25, -0.2) is 4.79 Å². The Morgan fingerprint density at radius 2 is 1.61 bits per heavy atom. The number of nitrogens with one attached hydrogen (secondary N) is 2. The van der Waals surface area contributed by atoms with Crippen molar-refractivity contribution in [1.82, 2.24) is 20.4 Å². The molecular weight excluding hydrogens is 296 g/mol. The van der Waals surface area contributed by atoms with Gasteiger partial charge >= 0.3 is 6.03 Å². The van der Waals surface area contributed by atoms with E-state index in [2.05, 4.69) is 10.6 Å². The van der Waals surface area contributed by atoms with Crippen LogP contribution >= 0.6 is 0 Å². The van der Waals surface area contributed by atoms with E-state index >= 15 is 0 Å². The van der Waals surface area contributed by atoms with Crippen LogP contribution in [0.25, 0.3) is 0 Å². The van der Waals surface area contributed by atoms with Crippen LogP contribution in [0.15, 0.2) is 0 Å². The number of urea groups is 1. The highest BCUT2D eigenvalue weighted by molar-refractivity contribution is 5.96. The molecule has 0 radical (unpaired) electrons. The van der Waals surface area contributed by atoms with Gasteiger partial charge in [-0.3, -0.25) is 19.8 Å². The molecule has 0 aromatic carbocycles. The number of hydrogen-bond donors (Lipinski definition) is 2. The second-order valence-electron chi connectivity index (χ2n) is 6.44. The molecule has 2 N–H and O–H groups in total. The fraction of sp³-hybridized carbons (Fsp3) is 0.812. The van der Waals surface area contributed by atoms with E-state index in [1.54, 1.807) is 6.92 Å². The molecule has 2 aliphatic rings. The first kappa shape index (κ1) is 17.7. The second-order valence-corrected chi connectivity index (χ2v) is 6.44. The van der Waals surface area contributed by atoms with Crippen molar-refractivity contribution in [2.75, 3.05) is 33.2 Å². The standard InChI is InChI=1S/C16H28N4O3/c1-12(14(21)18-16(23)17-2)19-8-10-20(11-9-19)15(22)13-6-4-3-5-7-13/h12-13H,3-11H2,1-2H3,(H2,17,18,21,23)/t12-/m1/s1. The fourth-order valence-electron chi connectivity index (χ4n) is 3.38. The molecule has 0 aromatic heterocycles. The van der Waals surface area contributed by atoms with Crippen LogP contribution in [-0.4, -0.2) is 66.9 Å². The summed E-state index contributed by atoms with van der Waals surface area (Å²) >= 11 is 0. The van der Waals surface area contributed by atoms with E-state index in [9.17, 15) is 14.4 Å². The Hall–Kier alpha value is -1.63. The number of carbonyl (C=O) groups is 3. The molecule has 1 atom stereocenters. The van der Waals surface area contributed by atoms with Gasteiger partial charge in [-0.05, 0) is 19.8 Å². The predicted octanol–water partition coefficient (Wildman–Crippen LogP) is 0.555. The van der Waals surface area contributed by atoms with E-state index < -0.39 is 6.03 Å². The molecule has 4 amide bonds. The Kier molecular flexibility index (Phi) is 6.38. The number of rotatable bonds is 3. The summed E-state index contributed by atoms with van der Waals surface area (Å²) in [5.74, 6) is 0.174. The molecule has 0 aromatic rings. The van der Waals surface area contributed by atoms with Crippen molar-refractivity contribution in [1.29, 1.82) is 0 Å². The molecule has 0 unspecified atom stereocenters. The Balaban J connectivity index is 1.79. The topological polar surface area (TPSA) is 81.8 Å². The SMILES string of the molecule is CNC(=O)NC(=O)[C@@H](C)N1CCN(C(=O)C2CCCCC2)CC1. The summed E-state index contributed by atoms with van der Waals surface area (Å²) in [6.45, 7) is 4.44. The molecule has 1 saturated heterocycles. The lowest BCUT2D eigenvalue weighted by atomic mass is 9.88. The Morgan fingerprint density at radius 1 is 1.00 bits per heavy atom. The van der Waals surface area contributed by atoms with Gasteiger partial charge in [0.1, 0.15) is 0 Å². The van der Waals surface area contributed by atoms with Crippen molar-refractivity contribution < 1.29 is 14.4 Å². The minimum absolute atomic E-state index is 0.198. The molecule has 0 spiro atoms. The first-order chi connectivity index (χ1) is 11.0. The Labute approximate surface area is 137 Å². The van der Waals surface area contributed by atoms with Crippen LogP contribution in [0, 0.1) is 5.92 Å². The van der Waals surface area contributed by atoms with E-state index in [1.807, 2.05) is 9.80 Å². The summed E-state index contributed by atoms with van der Waals surface area (Å²) in [5, 5.41) is 4.67. The first-order valence-corrected chi connectivity index (χ1v) is 8.58. The zero-order chi connectivity index (χ0) is 16.8. The third-order valence-corrected chi connectivity index (χ3v) is 4.97. The Bertz CT molecular complexity index is 441. The smallest absolute Gasteiger partial charge is 0.321 e. The lowest BCUT2D eigenvalue weighted by Gasteiger charge is -2.39. The van der Waals surface area contributed by atoms with E-state index in [1.165, 1.54) is 13.5 Å². The van der Waals surface area contributed by atoms with Crippen molar-refractivity contribution in [2.24, 2.45) is 5.92 Å². The summed E-state index contributed by atoms with van der Waals surface area (Å²) in [4.78, 5) is 39.7. The van der Waals surface area contributed by atoms with Crippen LogP contribution in [0.5, 0.6) is 0 Å². The molecule has 1 aliphatic heterocycles. The fourth-order valence-corrected chi connectivity index (χ4v) is 3.38. The third-order valence-electron chi connectivity index (χ3n) is 4.97. The quantitative estimate of drug-likeness (QED) is 0.794. The number of hydrogen-bond acceptors (Lipinski definition) is 4. The van der Waals surface area contributed by atoms with Crippen molar-refractivity contribution in [3.63, 3.8) is 0 Å². The van der Waals surface area contributed by atoms with E-state index in [4.69, 9.17) is 0 Å². The summed E-state index contributed by atoms with van der Waals surface area (Å²) in [7, 11) is 1.48. The van der Waals surface area contributed by atoms with E-state index in [0.717, 1.165) is 25.7 Å². The molecule has 7 heteroatoms. The highest BCUT2D eigenvalue weighted by Gasteiger charge is 2.31. The average molecular weight is 324 g/mol. The summed E-state index contributed by atoms with van der Waals surface area (Å²) in [5.41, 5.74) is 0. The van der Waals surface area contributed by atoms with Crippen LogP contribution in [0.2, 0.25) is 0 Å². The number of amides is 4. The first-order valence-electron chi connectivity index (χ1n) is 8.58. The van der Waals surface area contributed by atoms with Crippen molar-refractivity contribution in [3.05, 3.63) is 0 Å². The minimum atomic E-state index is -0.493. The maximum atomic E-state index is 12.5. The van der Waals surface area contributed by atoms with Gasteiger partial charge in [-0.2, -0.15) is 0 Å². The molecule has 23 heavy (non-hydrogen) atoms. The second kappa shape index (κ2) is 8.29. The molecule has 7 nitrogen and oxygen atoms in total. The maximum Gasteiger partial charge on any atom is 0.321 e. The van der Waals surface area contributed by atoms with Gasteiger partial charge in [0, 0.05) is 39.1 Å². The number of nitrogens with zero attached hydrogens (tertiary/aromatic N) is 2. The molecule has 2 rings (SSSR count). The van der Waals surface area contributed by atoms with E-state index in [0.29, 0.717) is 26.2 Å². The normalized spacial score (nSPS) is 21.6. The monoisotopic (exact) mass is 324 g/mol. The van der Waals surface area contributed by atoms with Gasteiger partial charge in [-0.15, -0.1) is 0 Å². The zero-order valence-electron chi connectivity index (χ0n) is 14.1. The summed E-state index contributed by atoms with van der Waals surface area (Å²) < 4.78 is 0. The van der Waals surface area contributed by atoms with E-state index in [-0.39, 0.29) is 23.8 Å². The highest BCUT2D eigenvalue weighted by atomic mass is 16.2. The lowest BCUT2D eigenvalue weighted by Crippen LogP contribution is -2.56.